The summed E-state index contributed by atoms with van der Waals surface area (Å²) in [6.45, 7) is 0. The van der Waals surface area contributed by atoms with E-state index in [0.29, 0.717) is 11.4 Å². The fraction of sp³-hybridized carbons (Fsp3) is 0.286. The van der Waals surface area contributed by atoms with Crippen LogP contribution in [-0.2, 0) is 0 Å². The number of aromatic nitrogens is 2. The van der Waals surface area contributed by atoms with E-state index >= 15 is 0 Å². The van der Waals surface area contributed by atoms with E-state index in [4.69, 9.17) is 5.26 Å². The molecule has 0 aliphatic carbocycles. The highest BCUT2D eigenvalue weighted by molar-refractivity contribution is 5.49. The van der Waals surface area contributed by atoms with Crippen LogP contribution in [0, 0.1) is 11.3 Å². The van der Waals surface area contributed by atoms with Crippen molar-refractivity contribution in [3.05, 3.63) is 17.8 Å². The van der Waals surface area contributed by atoms with E-state index < -0.39 is 0 Å². The molecule has 62 valence electrons. The lowest BCUT2D eigenvalue weighted by Gasteiger charge is -2.11. The van der Waals surface area contributed by atoms with Gasteiger partial charge in [-0.3, -0.25) is 0 Å². The van der Waals surface area contributed by atoms with Gasteiger partial charge in [0.05, 0.1) is 11.8 Å². The van der Waals surface area contributed by atoms with Crippen molar-refractivity contribution in [2.45, 2.75) is 0 Å². The third-order valence-corrected chi connectivity index (χ3v) is 1.17. The fourth-order valence-corrected chi connectivity index (χ4v) is 0.716. The maximum atomic E-state index is 8.66. The maximum Gasteiger partial charge on any atom is 0.180 e. The molecule has 12 heavy (non-hydrogen) atoms. The van der Waals surface area contributed by atoms with Crippen molar-refractivity contribution in [2.75, 3.05) is 19.5 Å². The second kappa shape index (κ2) is 3.64. The van der Waals surface area contributed by atoms with E-state index in [1.54, 1.807) is 11.1 Å². The third-order valence-electron chi connectivity index (χ3n) is 1.17. The molecule has 1 aromatic rings. The highest BCUT2D eigenvalue weighted by Crippen LogP contribution is 2.07. The molecular weight excluding hydrogens is 154 g/mol. The van der Waals surface area contributed by atoms with Gasteiger partial charge in [0.1, 0.15) is 6.07 Å². The summed E-state index contributed by atoms with van der Waals surface area (Å²) in [6, 6.07) is 3.62. The Hall–Kier alpha value is -1.67. The molecule has 1 N–H and O–H groups in total. The zero-order chi connectivity index (χ0) is 8.97. The van der Waals surface area contributed by atoms with E-state index in [-0.39, 0.29) is 0 Å². The average molecular weight is 163 g/mol. The van der Waals surface area contributed by atoms with Crippen LogP contribution in [0.4, 0.5) is 5.82 Å². The molecule has 0 saturated carbocycles. The molecule has 0 aliphatic rings. The van der Waals surface area contributed by atoms with Crippen molar-refractivity contribution in [3.8, 4) is 6.07 Å². The molecule has 1 heterocycles. The number of rotatable bonds is 2. The quantitative estimate of drug-likeness (QED) is 0.632. The Kier molecular flexibility index (Phi) is 2.56. The van der Waals surface area contributed by atoms with Gasteiger partial charge in [-0.05, 0) is 6.07 Å². The first-order valence-electron chi connectivity index (χ1n) is 3.40. The molecule has 1 aromatic heterocycles. The third kappa shape index (κ3) is 1.90. The van der Waals surface area contributed by atoms with Crippen LogP contribution in [0.3, 0.4) is 0 Å². The maximum absolute atomic E-state index is 8.66. The normalized spacial score (nSPS) is 9.50. The molecule has 0 amide bonds. The van der Waals surface area contributed by atoms with Crippen molar-refractivity contribution in [1.82, 2.24) is 15.2 Å². The standard InChI is InChI=1S/C7H9N5/c1-12(2)11-7-6(5-8)3-4-9-10-7/h3-4H,1-2H3,(H,10,11). The van der Waals surface area contributed by atoms with Crippen molar-refractivity contribution < 1.29 is 0 Å². The molecule has 0 spiro atoms. The van der Waals surface area contributed by atoms with Gasteiger partial charge in [-0.2, -0.15) is 10.4 Å². The van der Waals surface area contributed by atoms with Crippen LogP contribution >= 0.6 is 0 Å². The Morgan fingerprint density at radius 2 is 2.33 bits per heavy atom. The van der Waals surface area contributed by atoms with Crippen molar-refractivity contribution in [3.63, 3.8) is 0 Å². The number of nitriles is 1. The number of nitrogens with zero attached hydrogens (tertiary/aromatic N) is 4. The summed E-state index contributed by atoms with van der Waals surface area (Å²) < 4.78 is 0. The van der Waals surface area contributed by atoms with E-state index in [1.807, 2.05) is 20.2 Å². The molecule has 0 aliphatic heterocycles. The number of hydrazine groups is 1. The van der Waals surface area contributed by atoms with Gasteiger partial charge in [-0.1, -0.05) is 0 Å². The predicted molar refractivity (Wildman–Crippen MR) is 44.1 cm³/mol. The molecule has 0 bridgehead atoms. The molecule has 0 saturated heterocycles. The zero-order valence-corrected chi connectivity index (χ0v) is 6.94. The molecular formula is C7H9N5. The fourth-order valence-electron chi connectivity index (χ4n) is 0.716. The summed E-state index contributed by atoms with van der Waals surface area (Å²) >= 11 is 0. The monoisotopic (exact) mass is 163 g/mol. The first-order chi connectivity index (χ1) is 5.74. The Balaban J connectivity index is 2.91. The summed E-state index contributed by atoms with van der Waals surface area (Å²) in [7, 11) is 3.63. The summed E-state index contributed by atoms with van der Waals surface area (Å²) in [5.74, 6) is 0.477. The molecule has 5 nitrogen and oxygen atoms in total. The van der Waals surface area contributed by atoms with Crippen LogP contribution in [-0.4, -0.2) is 29.3 Å². The van der Waals surface area contributed by atoms with Gasteiger partial charge in [-0.25, -0.2) is 5.01 Å². The summed E-state index contributed by atoms with van der Waals surface area (Å²) in [4.78, 5) is 0. The molecule has 5 heteroatoms. The Morgan fingerprint density at radius 3 is 2.92 bits per heavy atom. The lowest BCUT2D eigenvalue weighted by atomic mass is 10.3. The van der Waals surface area contributed by atoms with E-state index in [2.05, 4.69) is 15.6 Å². The van der Waals surface area contributed by atoms with Crippen LogP contribution in [0.15, 0.2) is 12.3 Å². The SMILES string of the molecule is CN(C)Nc1nnccc1C#N. The summed E-state index contributed by atoms with van der Waals surface area (Å²) in [5.41, 5.74) is 3.35. The molecule has 0 atom stereocenters. The van der Waals surface area contributed by atoms with E-state index in [9.17, 15) is 0 Å². The van der Waals surface area contributed by atoms with Gasteiger partial charge in [-0.15, -0.1) is 5.10 Å². The highest BCUT2D eigenvalue weighted by Gasteiger charge is 2.02. The van der Waals surface area contributed by atoms with Gasteiger partial charge in [0.15, 0.2) is 5.82 Å². The number of anilines is 1. The van der Waals surface area contributed by atoms with Crippen LogP contribution in [0.2, 0.25) is 0 Å². The number of nitrogens with one attached hydrogen (secondary N) is 1. The first kappa shape index (κ1) is 8.43. The molecule has 0 radical (unpaired) electrons. The van der Waals surface area contributed by atoms with Crippen molar-refractivity contribution in [1.29, 1.82) is 5.26 Å². The van der Waals surface area contributed by atoms with Crippen LogP contribution in [0.25, 0.3) is 0 Å². The van der Waals surface area contributed by atoms with Crippen LogP contribution < -0.4 is 5.43 Å². The molecule has 0 fully saturated rings. The lowest BCUT2D eigenvalue weighted by Crippen LogP contribution is -2.21. The summed E-state index contributed by atoms with van der Waals surface area (Å²) in [5, 5.41) is 17.8. The van der Waals surface area contributed by atoms with Crippen molar-refractivity contribution >= 4 is 5.82 Å². The van der Waals surface area contributed by atoms with Crippen LogP contribution in [0.1, 0.15) is 5.56 Å². The van der Waals surface area contributed by atoms with Crippen molar-refractivity contribution in [2.24, 2.45) is 0 Å². The Morgan fingerprint density at radius 1 is 1.58 bits per heavy atom. The zero-order valence-electron chi connectivity index (χ0n) is 6.94. The topological polar surface area (TPSA) is 64.8 Å². The van der Waals surface area contributed by atoms with Gasteiger partial charge < -0.3 is 5.43 Å². The van der Waals surface area contributed by atoms with Gasteiger partial charge >= 0.3 is 0 Å². The minimum absolute atomic E-state index is 0.477. The first-order valence-corrected chi connectivity index (χ1v) is 3.40. The average Bonchev–Trinajstić information content (AvgIpc) is 2.04. The summed E-state index contributed by atoms with van der Waals surface area (Å²) in [6.07, 6.45) is 1.49. The number of hydrogen-bond donors (Lipinski definition) is 1. The molecule has 1 rings (SSSR count). The largest absolute Gasteiger partial charge is 0.301 e. The lowest BCUT2D eigenvalue weighted by molar-refractivity contribution is 0.490. The van der Waals surface area contributed by atoms with E-state index in [0.717, 1.165) is 0 Å². The highest BCUT2D eigenvalue weighted by atomic mass is 15.5. The van der Waals surface area contributed by atoms with E-state index in [1.165, 1.54) is 6.20 Å². The molecule has 0 unspecified atom stereocenters. The Labute approximate surface area is 70.6 Å². The van der Waals surface area contributed by atoms with Gasteiger partial charge in [0.2, 0.25) is 0 Å². The minimum Gasteiger partial charge on any atom is -0.301 e. The smallest absolute Gasteiger partial charge is 0.180 e. The van der Waals surface area contributed by atoms with Gasteiger partial charge in [0.25, 0.3) is 0 Å². The Bertz CT molecular complexity index is 301. The minimum atomic E-state index is 0.477. The predicted octanol–water partition coefficient (Wildman–Crippen LogP) is 0.237. The van der Waals surface area contributed by atoms with Crippen LogP contribution in [0.5, 0.6) is 0 Å². The van der Waals surface area contributed by atoms with Gasteiger partial charge in [0, 0.05) is 14.1 Å². The molecule has 0 aromatic carbocycles. The second-order valence-electron chi connectivity index (χ2n) is 2.41. The number of hydrogen-bond acceptors (Lipinski definition) is 5. The second-order valence-corrected chi connectivity index (χ2v) is 2.41.